The van der Waals surface area contributed by atoms with Crippen LogP contribution in [-0.2, 0) is 24.7 Å². The fourth-order valence-corrected chi connectivity index (χ4v) is 14.8. The summed E-state index contributed by atoms with van der Waals surface area (Å²) in [5.41, 5.74) is 11.1. The zero-order chi connectivity index (χ0) is 58.1. The number of allylic oxidation sites excluding steroid dienone is 3. The number of benzene rings is 5. The van der Waals surface area contributed by atoms with Crippen LogP contribution in [0.25, 0.3) is 72.3 Å². The molecule has 8 nitrogen and oxygen atoms in total. The number of para-hydroxylation sites is 1. The molecular weight excluding hydrogens is 1090 g/mol. The molecule has 2 unspecified atom stereocenters. The van der Waals surface area contributed by atoms with Crippen LogP contribution in [0.3, 0.4) is 0 Å². The molecule has 0 N–H and O–H groups in total. The van der Waals surface area contributed by atoms with Gasteiger partial charge in [0.05, 0.1) is 46.2 Å². The first-order valence-corrected chi connectivity index (χ1v) is 29.1. The molecule has 1 aliphatic heterocycles. The van der Waals surface area contributed by atoms with E-state index in [1.54, 1.807) is 30.9 Å². The van der Waals surface area contributed by atoms with Crippen molar-refractivity contribution >= 4 is 66.6 Å². The molecule has 16 rings (SSSR count). The molecule has 0 fully saturated rings. The van der Waals surface area contributed by atoms with E-state index < -0.39 is 28.9 Å². The van der Waals surface area contributed by atoms with Crippen LogP contribution in [0.5, 0.6) is 0 Å². The number of hydrogen-bond acceptors (Lipinski definition) is 5. The molecule has 8 heterocycles. The van der Waals surface area contributed by atoms with E-state index in [2.05, 4.69) is 109 Å². The number of rotatable bonds is 9. The van der Waals surface area contributed by atoms with E-state index in [4.69, 9.17) is 4.98 Å². The predicted molar refractivity (Wildman–Crippen MR) is 327 cm³/mol. The average molecular weight is 1140 g/mol. The standard InChI is InChI=1S/C72H52F6N8/c73-71(74,75)70(72(76,77)78,46-20-28-50(29-21-46)83-61-13-5-2-9-53(61)57-39-79-36-33-63(57)83)47-22-30-51(31-23-47)84-64-34-37-80-41-59(64)68-55(11-7-15-65(68)84)58-40-82-43-67-69(58)56-10-3-6-14-62(56)86(67)49-26-18-45(19-27-49)38-44-16-24-48(25-17-44)85-60-12-4-1-8-52(60)54-32-35-81-42-66(54)85/h1-2,5-6,8-9,11,13-14,16-37,39-43,56,62H,3-4,7,10,12,15,38H2. The van der Waals surface area contributed by atoms with Gasteiger partial charge in [-0.15, -0.1) is 0 Å². The Hall–Kier alpha value is -9.82. The van der Waals surface area contributed by atoms with Gasteiger partial charge in [0.1, 0.15) is 0 Å². The Morgan fingerprint density at radius 3 is 1.78 bits per heavy atom. The van der Waals surface area contributed by atoms with Crippen molar-refractivity contribution in [1.82, 2.24) is 33.6 Å². The number of alkyl halides is 6. The molecule has 0 bridgehead atoms. The molecule has 0 amide bonds. The summed E-state index contributed by atoms with van der Waals surface area (Å²) in [6.07, 6.45) is 20.1. The van der Waals surface area contributed by atoms with Crippen molar-refractivity contribution < 1.29 is 26.3 Å². The fourth-order valence-electron chi connectivity index (χ4n) is 14.8. The number of halogens is 6. The van der Waals surface area contributed by atoms with Gasteiger partial charge in [-0.3, -0.25) is 19.9 Å². The topological polar surface area (TPSA) is 69.6 Å². The van der Waals surface area contributed by atoms with Gasteiger partial charge in [-0.05, 0) is 151 Å². The van der Waals surface area contributed by atoms with Gasteiger partial charge >= 0.3 is 12.4 Å². The average Bonchev–Trinajstić information content (AvgIpc) is 1.50. The van der Waals surface area contributed by atoms with Crippen molar-refractivity contribution in [3.8, 4) is 17.1 Å². The van der Waals surface area contributed by atoms with Crippen molar-refractivity contribution in [1.29, 1.82) is 0 Å². The smallest absolute Gasteiger partial charge is 0.332 e. The zero-order valence-corrected chi connectivity index (χ0v) is 46.2. The Morgan fingerprint density at radius 1 is 0.477 bits per heavy atom. The highest BCUT2D eigenvalue weighted by Gasteiger charge is 2.72. The summed E-state index contributed by atoms with van der Waals surface area (Å²) in [6, 6.07) is 40.3. The van der Waals surface area contributed by atoms with E-state index in [-0.39, 0.29) is 12.0 Å². The van der Waals surface area contributed by atoms with Crippen molar-refractivity contribution in [2.24, 2.45) is 0 Å². The summed E-state index contributed by atoms with van der Waals surface area (Å²) in [6.45, 7) is 0. The zero-order valence-electron chi connectivity index (χ0n) is 46.2. The van der Waals surface area contributed by atoms with Gasteiger partial charge in [0, 0.05) is 115 Å². The lowest BCUT2D eigenvalue weighted by atomic mass is 9.73. The van der Waals surface area contributed by atoms with E-state index in [0.29, 0.717) is 24.2 Å². The lowest BCUT2D eigenvalue weighted by molar-refractivity contribution is -0.288. The SMILES string of the molecule is FC(F)(F)C(c1ccc(-n2c3c(c4cnccc42)C(c2cncc4c2C2CCC=CC2N4c2ccc(Cc4ccc(-n5c6c(c7ccncc75)C=CCC6)cc4)cc2)=CCC3)cc1)(c1ccc(-n2c3ccccc3c3cnccc32)cc1)C(F)(F)F. The minimum Gasteiger partial charge on any atom is -0.332 e. The first kappa shape index (κ1) is 51.8. The molecule has 0 radical (unpaired) electrons. The number of nitrogens with zero attached hydrogens (tertiary/aromatic N) is 8. The second-order valence-electron chi connectivity index (χ2n) is 22.9. The minimum absolute atomic E-state index is 0.0442. The molecule has 0 saturated carbocycles. The fraction of sp³-hybridized carbons (Fsp3) is 0.167. The van der Waals surface area contributed by atoms with Crippen LogP contribution < -0.4 is 4.90 Å². The largest absolute Gasteiger partial charge is 0.411 e. The van der Waals surface area contributed by atoms with Crippen LogP contribution in [-0.4, -0.2) is 52.0 Å². The Kier molecular flexibility index (Phi) is 11.8. The number of aromatic nitrogens is 7. The van der Waals surface area contributed by atoms with Gasteiger partial charge in [-0.2, -0.15) is 26.3 Å². The van der Waals surface area contributed by atoms with E-state index in [9.17, 15) is 0 Å². The summed E-state index contributed by atoms with van der Waals surface area (Å²) in [5.74, 6) is 0.149. The predicted octanol–water partition coefficient (Wildman–Crippen LogP) is 17.5. The van der Waals surface area contributed by atoms with E-state index in [1.165, 1.54) is 57.6 Å². The number of pyridine rings is 4. The van der Waals surface area contributed by atoms with E-state index >= 15 is 26.3 Å². The molecule has 12 aromatic rings. The van der Waals surface area contributed by atoms with Gasteiger partial charge < -0.3 is 18.6 Å². The maximum Gasteiger partial charge on any atom is 0.411 e. The Balaban J connectivity index is 0.722. The van der Waals surface area contributed by atoms with Crippen LogP contribution in [0.1, 0.15) is 87.5 Å². The summed E-state index contributed by atoms with van der Waals surface area (Å²) in [4.78, 5) is 20.6. The van der Waals surface area contributed by atoms with Crippen molar-refractivity contribution in [3.05, 3.63) is 269 Å². The lowest BCUT2D eigenvalue weighted by Crippen LogP contribution is -2.54. The molecule has 4 aliphatic rings. The van der Waals surface area contributed by atoms with Crippen molar-refractivity contribution in [2.75, 3.05) is 4.90 Å². The molecule has 422 valence electrons. The Labute approximate surface area is 490 Å². The monoisotopic (exact) mass is 1140 g/mol. The van der Waals surface area contributed by atoms with Crippen molar-refractivity contribution in [2.45, 2.75) is 74.7 Å². The van der Waals surface area contributed by atoms with E-state index in [0.717, 1.165) is 134 Å². The molecule has 0 saturated heterocycles. The van der Waals surface area contributed by atoms with Gasteiger partial charge in [-0.25, -0.2) is 0 Å². The highest BCUT2D eigenvalue weighted by molar-refractivity contribution is 6.09. The van der Waals surface area contributed by atoms with Crippen LogP contribution in [0.15, 0.2) is 213 Å². The van der Waals surface area contributed by atoms with Gasteiger partial charge in [0.15, 0.2) is 0 Å². The molecule has 5 aromatic carbocycles. The Bertz CT molecular complexity index is 4710. The number of fused-ring (bicyclic) bond motifs is 12. The van der Waals surface area contributed by atoms with Crippen molar-refractivity contribution in [3.63, 3.8) is 0 Å². The molecule has 14 heteroatoms. The molecule has 86 heavy (non-hydrogen) atoms. The van der Waals surface area contributed by atoms with Crippen LogP contribution in [0, 0.1) is 0 Å². The van der Waals surface area contributed by atoms with Gasteiger partial charge in [0.2, 0.25) is 5.41 Å². The summed E-state index contributed by atoms with van der Waals surface area (Å²) in [5, 5.41) is 3.70. The second-order valence-corrected chi connectivity index (χ2v) is 22.9. The molecular formula is C72H52F6N8. The first-order chi connectivity index (χ1) is 42.0. The second kappa shape index (κ2) is 19.6. The summed E-state index contributed by atoms with van der Waals surface area (Å²) < 4.78 is 101. The normalized spacial score (nSPS) is 16.7. The third-order valence-electron chi connectivity index (χ3n) is 18.4. The summed E-state index contributed by atoms with van der Waals surface area (Å²) >= 11 is 0. The van der Waals surface area contributed by atoms with Gasteiger partial charge in [0.25, 0.3) is 0 Å². The molecule has 0 spiro atoms. The van der Waals surface area contributed by atoms with E-state index in [1.807, 2.05) is 64.3 Å². The van der Waals surface area contributed by atoms with Crippen LogP contribution in [0.2, 0.25) is 0 Å². The quantitative estimate of drug-likeness (QED) is 0.106. The number of anilines is 2. The lowest BCUT2D eigenvalue weighted by Gasteiger charge is -2.38. The van der Waals surface area contributed by atoms with Gasteiger partial charge in [-0.1, -0.05) is 97.1 Å². The minimum atomic E-state index is -5.78. The maximum atomic E-state index is 15.8. The van der Waals surface area contributed by atoms with Crippen LogP contribution >= 0.6 is 0 Å². The van der Waals surface area contributed by atoms with Crippen LogP contribution in [0.4, 0.5) is 37.7 Å². The third kappa shape index (κ3) is 7.77. The molecule has 7 aromatic heterocycles. The Morgan fingerprint density at radius 2 is 1.07 bits per heavy atom. The number of hydrogen-bond donors (Lipinski definition) is 0. The highest BCUT2D eigenvalue weighted by atomic mass is 19.4. The highest BCUT2D eigenvalue weighted by Crippen LogP contribution is 2.57. The molecule has 3 aliphatic carbocycles. The molecule has 2 atom stereocenters. The first-order valence-electron chi connectivity index (χ1n) is 29.1. The third-order valence-corrected chi connectivity index (χ3v) is 18.4. The summed E-state index contributed by atoms with van der Waals surface area (Å²) in [7, 11) is 0. The maximum absolute atomic E-state index is 15.8.